The van der Waals surface area contributed by atoms with Gasteiger partial charge in [0.25, 0.3) is 0 Å². The highest BCUT2D eigenvalue weighted by molar-refractivity contribution is 7.13. The Morgan fingerprint density at radius 2 is 2.53 bits per heavy atom. The number of carbonyl (C=O) groups excluding carboxylic acids is 1. The Balaban J connectivity index is 0.00000112. The molecule has 1 atom stereocenters. The van der Waals surface area contributed by atoms with E-state index in [1.807, 2.05) is 0 Å². The van der Waals surface area contributed by atoms with Gasteiger partial charge in [0.05, 0.1) is 5.92 Å². The SMILES string of the molecule is Cl.O=C(Nc1nncs1)[C@@H]1CCCNC1. The zero-order valence-electron chi connectivity index (χ0n) is 8.10. The maximum atomic E-state index is 11.7. The predicted octanol–water partition coefficient (Wildman–Crippen LogP) is 0.898. The first-order valence-corrected chi connectivity index (χ1v) is 5.52. The van der Waals surface area contributed by atoms with Gasteiger partial charge in [-0.3, -0.25) is 4.79 Å². The highest BCUT2D eigenvalue weighted by atomic mass is 35.5. The molecule has 1 aliphatic heterocycles. The van der Waals surface area contributed by atoms with Crippen LogP contribution >= 0.6 is 23.7 Å². The summed E-state index contributed by atoms with van der Waals surface area (Å²) in [5, 5.41) is 14.0. The van der Waals surface area contributed by atoms with Gasteiger partial charge in [-0.15, -0.1) is 22.6 Å². The third kappa shape index (κ3) is 3.40. The van der Waals surface area contributed by atoms with E-state index < -0.39 is 0 Å². The normalized spacial score (nSPS) is 20.4. The molecular formula is C8H13ClN4OS. The second-order valence-corrected chi connectivity index (χ2v) is 4.11. The molecule has 1 aromatic rings. The number of hydrogen-bond donors (Lipinski definition) is 2. The minimum Gasteiger partial charge on any atom is -0.316 e. The molecule has 0 saturated carbocycles. The molecule has 1 amide bonds. The number of rotatable bonds is 2. The van der Waals surface area contributed by atoms with Gasteiger partial charge in [0.15, 0.2) is 0 Å². The first-order chi connectivity index (χ1) is 6.86. The molecule has 0 spiro atoms. The van der Waals surface area contributed by atoms with Gasteiger partial charge in [-0.2, -0.15) is 0 Å². The number of nitrogens with zero attached hydrogens (tertiary/aromatic N) is 2. The fourth-order valence-corrected chi connectivity index (χ4v) is 1.96. The van der Waals surface area contributed by atoms with Crippen LogP contribution in [0.25, 0.3) is 0 Å². The van der Waals surface area contributed by atoms with E-state index in [2.05, 4.69) is 20.8 Å². The molecule has 15 heavy (non-hydrogen) atoms. The van der Waals surface area contributed by atoms with Crippen molar-refractivity contribution < 1.29 is 4.79 Å². The largest absolute Gasteiger partial charge is 0.316 e. The topological polar surface area (TPSA) is 66.9 Å². The van der Waals surface area contributed by atoms with Crippen molar-refractivity contribution in [3.63, 3.8) is 0 Å². The molecular weight excluding hydrogens is 236 g/mol. The minimum absolute atomic E-state index is 0. The van der Waals surface area contributed by atoms with E-state index in [9.17, 15) is 4.79 Å². The van der Waals surface area contributed by atoms with Gasteiger partial charge in [0.1, 0.15) is 5.51 Å². The number of hydrogen-bond acceptors (Lipinski definition) is 5. The average molecular weight is 249 g/mol. The first kappa shape index (κ1) is 12.4. The lowest BCUT2D eigenvalue weighted by molar-refractivity contribution is -0.120. The molecule has 1 aliphatic rings. The minimum atomic E-state index is 0. The quantitative estimate of drug-likeness (QED) is 0.816. The van der Waals surface area contributed by atoms with E-state index in [0.717, 1.165) is 25.9 Å². The fraction of sp³-hybridized carbons (Fsp3) is 0.625. The van der Waals surface area contributed by atoms with E-state index in [-0.39, 0.29) is 24.2 Å². The zero-order chi connectivity index (χ0) is 9.80. The van der Waals surface area contributed by atoms with Gasteiger partial charge in [-0.1, -0.05) is 11.3 Å². The number of amides is 1. The Bertz CT molecular complexity index is 300. The van der Waals surface area contributed by atoms with Crippen LogP contribution in [0, 0.1) is 5.92 Å². The Morgan fingerprint density at radius 1 is 1.67 bits per heavy atom. The molecule has 0 bridgehead atoms. The van der Waals surface area contributed by atoms with Gasteiger partial charge in [0, 0.05) is 6.54 Å². The van der Waals surface area contributed by atoms with Gasteiger partial charge >= 0.3 is 0 Å². The monoisotopic (exact) mass is 248 g/mol. The van der Waals surface area contributed by atoms with Crippen LogP contribution in [0.1, 0.15) is 12.8 Å². The highest BCUT2D eigenvalue weighted by Crippen LogP contribution is 2.14. The predicted molar refractivity (Wildman–Crippen MR) is 61.4 cm³/mol. The summed E-state index contributed by atoms with van der Waals surface area (Å²) in [7, 11) is 0. The van der Waals surface area contributed by atoms with Crippen molar-refractivity contribution in [2.75, 3.05) is 18.4 Å². The second kappa shape index (κ2) is 5.99. The molecule has 1 saturated heterocycles. The Morgan fingerprint density at radius 3 is 3.13 bits per heavy atom. The zero-order valence-corrected chi connectivity index (χ0v) is 9.74. The van der Waals surface area contributed by atoms with Crippen LogP contribution in [0.4, 0.5) is 5.13 Å². The first-order valence-electron chi connectivity index (χ1n) is 4.64. The van der Waals surface area contributed by atoms with Crippen molar-refractivity contribution in [1.29, 1.82) is 0 Å². The van der Waals surface area contributed by atoms with Crippen LogP contribution in [0.5, 0.6) is 0 Å². The number of halogens is 1. The van der Waals surface area contributed by atoms with Gasteiger partial charge in [0.2, 0.25) is 11.0 Å². The smallest absolute Gasteiger partial charge is 0.230 e. The maximum Gasteiger partial charge on any atom is 0.230 e. The van der Waals surface area contributed by atoms with Crippen molar-refractivity contribution in [3.05, 3.63) is 5.51 Å². The van der Waals surface area contributed by atoms with Crippen LogP contribution in [0.15, 0.2) is 5.51 Å². The summed E-state index contributed by atoms with van der Waals surface area (Å²) in [5.41, 5.74) is 1.61. The Hall–Kier alpha value is -0.720. The molecule has 0 radical (unpaired) electrons. The molecule has 0 aromatic carbocycles. The van der Waals surface area contributed by atoms with Crippen LogP contribution < -0.4 is 10.6 Å². The van der Waals surface area contributed by atoms with Crippen LogP contribution in [-0.4, -0.2) is 29.2 Å². The number of aromatic nitrogens is 2. The lowest BCUT2D eigenvalue weighted by atomic mass is 9.99. The van der Waals surface area contributed by atoms with E-state index in [1.165, 1.54) is 11.3 Å². The van der Waals surface area contributed by atoms with Gasteiger partial charge in [-0.25, -0.2) is 0 Å². The molecule has 0 unspecified atom stereocenters. The summed E-state index contributed by atoms with van der Waals surface area (Å²) in [6.07, 6.45) is 2.02. The van der Waals surface area contributed by atoms with E-state index in [4.69, 9.17) is 0 Å². The van der Waals surface area contributed by atoms with E-state index in [0.29, 0.717) is 5.13 Å². The Labute approximate surface area is 98.1 Å². The third-order valence-electron chi connectivity index (χ3n) is 2.26. The fourth-order valence-electron chi connectivity index (χ4n) is 1.51. The third-order valence-corrected chi connectivity index (χ3v) is 2.86. The lowest BCUT2D eigenvalue weighted by Crippen LogP contribution is -2.37. The maximum absolute atomic E-state index is 11.7. The second-order valence-electron chi connectivity index (χ2n) is 3.28. The van der Waals surface area contributed by atoms with Crippen LogP contribution in [0.3, 0.4) is 0 Å². The Kier molecular flexibility index (Phi) is 4.93. The lowest BCUT2D eigenvalue weighted by Gasteiger charge is -2.20. The summed E-state index contributed by atoms with van der Waals surface area (Å²) < 4.78 is 0. The summed E-state index contributed by atoms with van der Waals surface area (Å²) in [4.78, 5) is 11.7. The standard InChI is InChI=1S/C8H12N4OS.ClH/c13-7(6-2-1-3-9-4-6)11-8-12-10-5-14-8;/h5-6,9H,1-4H2,(H,11,12,13);1H/t6-;/m1./s1. The molecule has 2 N–H and O–H groups in total. The van der Waals surface area contributed by atoms with E-state index in [1.54, 1.807) is 5.51 Å². The average Bonchev–Trinajstić information content (AvgIpc) is 2.72. The van der Waals surface area contributed by atoms with Crippen LogP contribution in [0.2, 0.25) is 0 Å². The van der Waals surface area contributed by atoms with Crippen molar-refractivity contribution >= 4 is 34.8 Å². The molecule has 0 aliphatic carbocycles. The summed E-state index contributed by atoms with van der Waals surface area (Å²) in [6, 6.07) is 0. The summed E-state index contributed by atoms with van der Waals surface area (Å²) in [5.74, 6) is 0.126. The van der Waals surface area contributed by atoms with Crippen molar-refractivity contribution in [2.24, 2.45) is 5.92 Å². The van der Waals surface area contributed by atoms with E-state index >= 15 is 0 Å². The highest BCUT2D eigenvalue weighted by Gasteiger charge is 2.21. The number of anilines is 1. The van der Waals surface area contributed by atoms with Gasteiger partial charge < -0.3 is 10.6 Å². The molecule has 7 heteroatoms. The van der Waals surface area contributed by atoms with Crippen molar-refractivity contribution in [1.82, 2.24) is 15.5 Å². The van der Waals surface area contributed by atoms with Crippen LogP contribution in [-0.2, 0) is 4.79 Å². The summed E-state index contributed by atoms with van der Waals surface area (Å²) in [6.45, 7) is 1.78. The van der Waals surface area contributed by atoms with Crippen molar-refractivity contribution in [3.8, 4) is 0 Å². The molecule has 2 heterocycles. The summed E-state index contributed by atoms with van der Waals surface area (Å²) >= 11 is 1.34. The number of piperidine rings is 1. The molecule has 5 nitrogen and oxygen atoms in total. The molecule has 2 rings (SSSR count). The molecule has 1 fully saturated rings. The molecule has 1 aromatic heterocycles. The van der Waals surface area contributed by atoms with Gasteiger partial charge in [-0.05, 0) is 19.4 Å². The number of carbonyl (C=O) groups is 1. The number of nitrogens with one attached hydrogen (secondary N) is 2. The molecule has 84 valence electrons. The van der Waals surface area contributed by atoms with Crippen molar-refractivity contribution in [2.45, 2.75) is 12.8 Å².